The Kier molecular flexibility index (Phi) is 2.83. The molecule has 10 heteroatoms. The van der Waals surface area contributed by atoms with Crippen molar-refractivity contribution in [3.63, 3.8) is 0 Å². The largest absolute Gasteiger partial charge is 0.390 e. The molecule has 9 nitrogen and oxygen atoms in total. The van der Waals surface area contributed by atoms with Crippen molar-refractivity contribution in [2.45, 2.75) is 24.3 Å². The third-order valence-corrected chi connectivity index (χ3v) is 3.25. The van der Waals surface area contributed by atoms with Gasteiger partial charge in [-0.15, -0.1) is 0 Å². The van der Waals surface area contributed by atoms with Gasteiger partial charge in [0.25, 0.3) is 5.85 Å². The van der Waals surface area contributed by atoms with E-state index in [1.165, 1.54) is 17.2 Å². The molecule has 2 aromatic heterocycles. The highest BCUT2D eigenvalue weighted by molar-refractivity contribution is 5.81. The fourth-order valence-electron chi connectivity index (χ4n) is 2.16. The van der Waals surface area contributed by atoms with Gasteiger partial charge in [-0.1, -0.05) is 0 Å². The smallest absolute Gasteiger partial charge is 0.263 e. The molecule has 108 valence electrons. The number of anilines is 1. The zero-order valence-electron chi connectivity index (χ0n) is 10.1. The molecule has 0 amide bonds. The van der Waals surface area contributed by atoms with E-state index >= 15 is 0 Å². The van der Waals surface area contributed by atoms with Crippen molar-refractivity contribution in [2.24, 2.45) is 0 Å². The lowest BCUT2D eigenvalue weighted by molar-refractivity contribution is -0.206. The van der Waals surface area contributed by atoms with Gasteiger partial charge in [-0.05, 0) is 0 Å². The summed E-state index contributed by atoms with van der Waals surface area (Å²) in [5, 5.41) is 28.4. The third kappa shape index (κ3) is 1.66. The maximum atomic E-state index is 14.0. The number of ether oxygens (including phenoxy) is 1. The fourth-order valence-corrected chi connectivity index (χ4v) is 2.16. The molecule has 1 aliphatic rings. The molecule has 5 N–H and O–H groups in total. The van der Waals surface area contributed by atoms with Gasteiger partial charge in [0.2, 0.25) is 0 Å². The van der Waals surface area contributed by atoms with Gasteiger partial charge in [-0.2, -0.15) is 0 Å². The van der Waals surface area contributed by atoms with Crippen LogP contribution in [-0.4, -0.2) is 59.5 Å². The van der Waals surface area contributed by atoms with Crippen LogP contribution < -0.4 is 5.73 Å². The van der Waals surface area contributed by atoms with Crippen molar-refractivity contribution in [2.75, 3.05) is 12.3 Å². The van der Waals surface area contributed by atoms with Crippen LogP contribution in [0.2, 0.25) is 0 Å². The van der Waals surface area contributed by atoms with E-state index in [1.54, 1.807) is 0 Å². The first kappa shape index (κ1) is 13.1. The van der Waals surface area contributed by atoms with Crippen molar-refractivity contribution in [1.29, 1.82) is 0 Å². The second kappa shape index (κ2) is 4.31. The van der Waals surface area contributed by atoms with Crippen LogP contribution in [0.3, 0.4) is 0 Å². The number of alkyl halides is 1. The van der Waals surface area contributed by atoms with Gasteiger partial charge >= 0.3 is 0 Å². The van der Waals surface area contributed by atoms with E-state index in [9.17, 15) is 14.6 Å². The van der Waals surface area contributed by atoms with Crippen molar-refractivity contribution in [3.8, 4) is 0 Å². The lowest BCUT2D eigenvalue weighted by Gasteiger charge is -2.19. The molecule has 0 aromatic carbocycles. The van der Waals surface area contributed by atoms with E-state index in [-0.39, 0.29) is 17.0 Å². The average Bonchev–Trinajstić information content (AvgIpc) is 2.96. The highest BCUT2D eigenvalue weighted by Gasteiger charge is 2.55. The van der Waals surface area contributed by atoms with E-state index in [2.05, 4.69) is 15.0 Å². The second-order valence-corrected chi connectivity index (χ2v) is 4.47. The maximum Gasteiger partial charge on any atom is 0.263 e. The van der Waals surface area contributed by atoms with Crippen LogP contribution >= 0.6 is 0 Å². The number of nitrogen functional groups attached to an aromatic ring is 1. The topological polar surface area (TPSA) is 140 Å². The van der Waals surface area contributed by atoms with Gasteiger partial charge in [-0.25, -0.2) is 19.3 Å². The number of rotatable bonds is 2. The SMILES string of the molecule is Nc1ncnc2c1ncn2C1O[C@](F)(CO)[C@@H](O)[C@H]1O. The number of halogens is 1. The first-order valence-electron chi connectivity index (χ1n) is 5.74. The summed E-state index contributed by atoms with van der Waals surface area (Å²) in [6.45, 7) is -1.09. The summed E-state index contributed by atoms with van der Waals surface area (Å²) in [6, 6.07) is 0. The monoisotopic (exact) mass is 285 g/mol. The summed E-state index contributed by atoms with van der Waals surface area (Å²) < 4.78 is 20.2. The number of hydrogen-bond acceptors (Lipinski definition) is 8. The molecule has 3 heterocycles. The van der Waals surface area contributed by atoms with Crippen LogP contribution in [0, 0.1) is 0 Å². The van der Waals surface area contributed by atoms with Crippen molar-refractivity contribution in [3.05, 3.63) is 12.7 Å². The number of nitrogens with zero attached hydrogens (tertiary/aromatic N) is 4. The number of aliphatic hydroxyl groups excluding tert-OH is 3. The molecule has 2 aromatic rings. The lowest BCUT2D eigenvalue weighted by atomic mass is 10.1. The van der Waals surface area contributed by atoms with Crippen LogP contribution in [0.15, 0.2) is 12.7 Å². The Hall–Kier alpha value is -1.88. The van der Waals surface area contributed by atoms with Gasteiger partial charge in [0.1, 0.15) is 30.7 Å². The predicted octanol–water partition coefficient (Wildman–Crippen LogP) is -1.68. The van der Waals surface area contributed by atoms with E-state index in [0.29, 0.717) is 0 Å². The number of aromatic nitrogens is 4. The van der Waals surface area contributed by atoms with Crippen molar-refractivity contribution >= 4 is 17.0 Å². The number of imidazole rings is 1. The summed E-state index contributed by atoms with van der Waals surface area (Å²) in [7, 11) is 0. The molecule has 0 aliphatic carbocycles. The molecule has 1 unspecified atom stereocenters. The third-order valence-electron chi connectivity index (χ3n) is 3.25. The number of nitrogens with two attached hydrogens (primary N) is 1. The first-order chi connectivity index (χ1) is 9.48. The Labute approximate surface area is 111 Å². The minimum Gasteiger partial charge on any atom is -0.390 e. The van der Waals surface area contributed by atoms with Crippen LogP contribution in [-0.2, 0) is 4.74 Å². The number of hydrogen-bond donors (Lipinski definition) is 4. The van der Waals surface area contributed by atoms with E-state index in [1.807, 2.05) is 0 Å². The minimum absolute atomic E-state index is 0.121. The highest BCUT2D eigenvalue weighted by atomic mass is 19.2. The van der Waals surface area contributed by atoms with Gasteiger partial charge in [-0.3, -0.25) is 4.57 Å². The van der Waals surface area contributed by atoms with Crippen LogP contribution in [0.5, 0.6) is 0 Å². The summed E-state index contributed by atoms with van der Waals surface area (Å²) in [6.07, 6.45) is -2.36. The average molecular weight is 285 g/mol. The van der Waals surface area contributed by atoms with Gasteiger partial charge in [0, 0.05) is 0 Å². The Balaban J connectivity index is 2.06. The minimum atomic E-state index is -2.75. The highest BCUT2D eigenvalue weighted by Crippen LogP contribution is 2.39. The molecule has 1 saturated heterocycles. The van der Waals surface area contributed by atoms with Crippen molar-refractivity contribution < 1.29 is 24.4 Å². The van der Waals surface area contributed by atoms with E-state index in [4.69, 9.17) is 15.6 Å². The van der Waals surface area contributed by atoms with Crippen LogP contribution in [0.1, 0.15) is 6.23 Å². The molecular weight excluding hydrogens is 273 g/mol. The van der Waals surface area contributed by atoms with Gasteiger partial charge < -0.3 is 25.8 Å². The van der Waals surface area contributed by atoms with Crippen LogP contribution in [0.4, 0.5) is 10.2 Å². The normalized spacial score (nSPS) is 33.9. The molecular formula is C10H12FN5O4. The summed E-state index contributed by atoms with van der Waals surface area (Å²) in [5.74, 6) is -2.63. The fraction of sp³-hybridized carbons (Fsp3) is 0.500. The Bertz CT molecular complexity index is 652. The molecule has 0 radical (unpaired) electrons. The summed E-state index contributed by atoms with van der Waals surface area (Å²) in [4.78, 5) is 11.6. The Morgan fingerprint density at radius 3 is 2.80 bits per heavy atom. The molecule has 1 fully saturated rings. The molecule has 1 aliphatic heterocycles. The van der Waals surface area contributed by atoms with E-state index < -0.39 is 30.9 Å². The molecule has 0 spiro atoms. The number of aliphatic hydroxyl groups is 3. The standard InChI is InChI=1S/C10H12FN5O4/c11-10(1-17)6(19)5(18)9(20-10)16-3-15-4-7(12)13-2-14-8(4)16/h2-3,5-6,9,17-19H,1H2,(H2,12,13,14)/t5-,6+,9?,10-/m1/s1. The maximum absolute atomic E-state index is 14.0. The van der Waals surface area contributed by atoms with Crippen LogP contribution in [0.25, 0.3) is 11.2 Å². The zero-order chi connectivity index (χ0) is 14.5. The predicted molar refractivity (Wildman–Crippen MR) is 62.8 cm³/mol. The van der Waals surface area contributed by atoms with Gasteiger partial charge in [0.05, 0.1) is 6.33 Å². The zero-order valence-corrected chi connectivity index (χ0v) is 10.1. The lowest BCUT2D eigenvalue weighted by Crippen LogP contribution is -2.42. The Morgan fingerprint density at radius 2 is 2.15 bits per heavy atom. The Morgan fingerprint density at radius 1 is 1.40 bits per heavy atom. The molecule has 3 rings (SSSR count). The second-order valence-electron chi connectivity index (χ2n) is 4.47. The molecule has 20 heavy (non-hydrogen) atoms. The molecule has 0 bridgehead atoms. The quantitative estimate of drug-likeness (QED) is 0.513. The van der Waals surface area contributed by atoms with E-state index in [0.717, 1.165) is 0 Å². The van der Waals surface area contributed by atoms with Crippen molar-refractivity contribution in [1.82, 2.24) is 19.5 Å². The summed E-state index contributed by atoms with van der Waals surface area (Å²) in [5.41, 5.74) is 6.10. The number of fused-ring (bicyclic) bond motifs is 1. The summed E-state index contributed by atoms with van der Waals surface area (Å²) >= 11 is 0. The first-order valence-corrected chi connectivity index (χ1v) is 5.74. The molecule has 0 saturated carbocycles. The molecule has 4 atom stereocenters. The van der Waals surface area contributed by atoms with Gasteiger partial charge in [0.15, 0.2) is 17.7 Å².